The van der Waals surface area contributed by atoms with Gasteiger partial charge >= 0.3 is 0 Å². The predicted molar refractivity (Wildman–Crippen MR) is 59.7 cm³/mol. The van der Waals surface area contributed by atoms with Gasteiger partial charge in [0.25, 0.3) is 0 Å². The van der Waals surface area contributed by atoms with Crippen molar-refractivity contribution in [3.05, 3.63) is 0 Å². The molecule has 0 saturated carbocycles. The van der Waals surface area contributed by atoms with E-state index in [0.29, 0.717) is 6.61 Å². The van der Waals surface area contributed by atoms with Crippen molar-refractivity contribution in [1.82, 2.24) is 4.90 Å². The molecule has 2 rings (SSSR count). The maximum absolute atomic E-state index is 9.93. The molecule has 2 heterocycles. The summed E-state index contributed by atoms with van der Waals surface area (Å²) >= 11 is 0. The third-order valence-corrected chi connectivity index (χ3v) is 3.96. The van der Waals surface area contributed by atoms with Crippen LogP contribution in [0, 0.1) is 11.8 Å². The largest absolute Gasteiger partial charge is 0.391 e. The number of ether oxygens (including phenoxy) is 1. The fourth-order valence-electron chi connectivity index (χ4n) is 2.72. The fourth-order valence-corrected chi connectivity index (χ4v) is 2.72. The van der Waals surface area contributed by atoms with Gasteiger partial charge in [-0.1, -0.05) is 13.8 Å². The zero-order valence-corrected chi connectivity index (χ0v) is 9.85. The van der Waals surface area contributed by atoms with E-state index in [0.717, 1.165) is 38.0 Å². The summed E-state index contributed by atoms with van der Waals surface area (Å²) in [5.74, 6) is 1.57. The normalized spacial score (nSPS) is 38.8. The van der Waals surface area contributed by atoms with E-state index in [2.05, 4.69) is 18.7 Å². The molecule has 2 aliphatic rings. The zero-order chi connectivity index (χ0) is 10.8. The lowest BCUT2D eigenvalue weighted by Crippen LogP contribution is -2.48. The summed E-state index contributed by atoms with van der Waals surface area (Å²) in [5, 5.41) is 9.93. The van der Waals surface area contributed by atoms with Crippen LogP contribution in [0.1, 0.15) is 26.7 Å². The molecule has 3 nitrogen and oxygen atoms in total. The van der Waals surface area contributed by atoms with E-state index in [1.165, 1.54) is 6.42 Å². The molecule has 0 aliphatic carbocycles. The number of hydrogen-bond donors (Lipinski definition) is 1. The highest BCUT2D eigenvalue weighted by Gasteiger charge is 2.34. The molecule has 0 aromatic carbocycles. The van der Waals surface area contributed by atoms with Gasteiger partial charge < -0.3 is 9.84 Å². The maximum atomic E-state index is 9.93. The predicted octanol–water partition coefficient (Wildman–Crippen LogP) is 1.11. The van der Waals surface area contributed by atoms with Gasteiger partial charge in [0, 0.05) is 13.2 Å². The number of likely N-dealkylation sites (tertiary alicyclic amines) is 1. The Morgan fingerprint density at radius 3 is 2.73 bits per heavy atom. The number of rotatable bonds is 2. The van der Waals surface area contributed by atoms with Crippen molar-refractivity contribution in [2.24, 2.45) is 11.8 Å². The average Bonchev–Trinajstić information content (AvgIpc) is 2.67. The summed E-state index contributed by atoms with van der Waals surface area (Å²) in [5.41, 5.74) is 0. The molecular weight excluding hydrogens is 190 g/mol. The highest BCUT2D eigenvalue weighted by molar-refractivity contribution is 4.88. The lowest BCUT2D eigenvalue weighted by Gasteiger charge is -2.35. The van der Waals surface area contributed by atoms with Gasteiger partial charge in [-0.2, -0.15) is 0 Å². The van der Waals surface area contributed by atoms with E-state index in [9.17, 15) is 5.11 Å². The van der Waals surface area contributed by atoms with Crippen LogP contribution >= 0.6 is 0 Å². The molecule has 3 atom stereocenters. The minimum absolute atomic E-state index is 0.176. The van der Waals surface area contributed by atoms with Crippen LogP contribution in [-0.2, 0) is 4.74 Å². The standard InChI is InChI=1S/C12H23NO2/c1-9(2)10-3-5-13(7-10)11-8-15-6-4-12(11)14/h9-12,14H,3-8H2,1-2H3. The summed E-state index contributed by atoms with van der Waals surface area (Å²) in [6.45, 7) is 8.30. The lowest BCUT2D eigenvalue weighted by atomic mass is 9.95. The topological polar surface area (TPSA) is 32.7 Å². The van der Waals surface area contributed by atoms with Gasteiger partial charge in [0.1, 0.15) is 0 Å². The molecule has 2 aliphatic heterocycles. The molecule has 0 spiro atoms. The van der Waals surface area contributed by atoms with Crippen LogP contribution < -0.4 is 0 Å². The second-order valence-corrected chi connectivity index (χ2v) is 5.29. The smallest absolute Gasteiger partial charge is 0.0739 e. The van der Waals surface area contributed by atoms with Gasteiger partial charge in [-0.05, 0) is 31.2 Å². The van der Waals surface area contributed by atoms with E-state index in [4.69, 9.17) is 4.74 Å². The van der Waals surface area contributed by atoms with Crippen LogP contribution in [0.5, 0.6) is 0 Å². The molecular formula is C12H23NO2. The van der Waals surface area contributed by atoms with Gasteiger partial charge in [0.2, 0.25) is 0 Å². The Bertz CT molecular complexity index is 208. The monoisotopic (exact) mass is 213 g/mol. The SMILES string of the molecule is CC(C)C1CCN(C2COCCC2O)C1. The summed E-state index contributed by atoms with van der Waals surface area (Å²) in [6, 6.07) is 0.252. The number of hydrogen-bond acceptors (Lipinski definition) is 3. The molecule has 2 fully saturated rings. The Labute approximate surface area is 92.4 Å². The Morgan fingerprint density at radius 2 is 2.13 bits per heavy atom. The molecule has 3 unspecified atom stereocenters. The third-order valence-electron chi connectivity index (χ3n) is 3.96. The number of aliphatic hydroxyl groups is 1. The molecule has 3 heteroatoms. The first kappa shape index (κ1) is 11.4. The molecule has 88 valence electrons. The summed E-state index contributed by atoms with van der Waals surface area (Å²) in [7, 11) is 0. The van der Waals surface area contributed by atoms with Gasteiger partial charge in [-0.3, -0.25) is 4.90 Å². The van der Waals surface area contributed by atoms with Crippen LogP contribution in [0.25, 0.3) is 0 Å². The van der Waals surface area contributed by atoms with Crippen molar-refractivity contribution in [3.63, 3.8) is 0 Å². The van der Waals surface area contributed by atoms with Crippen molar-refractivity contribution >= 4 is 0 Å². The van der Waals surface area contributed by atoms with Gasteiger partial charge in [0.15, 0.2) is 0 Å². The first-order chi connectivity index (χ1) is 7.18. The van der Waals surface area contributed by atoms with Gasteiger partial charge in [0.05, 0.1) is 18.8 Å². The fraction of sp³-hybridized carbons (Fsp3) is 1.00. The van der Waals surface area contributed by atoms with Gasteiger partial charge in [-0.15, -0.1) is 0 Å². The second kappa shape index (κ2) is 4.81. The lowest BCUT2D eigenvalue weighted by molar-refractivity contribution is -0.0562. The first-order valence-electron chi connectivity index (χ1n) is 6.18. The minimum Gasteiger partial charge on any atom is -0.391 e. The summed E-state index contributed by atoms with van der Waals surface area (Å²) in [4.78, 5) is 2.43. The summed E-state index contributed by atoms with van der Waals surface area (Å²) in [6.07, 6.45) is 1.90. The van der Waals surface area contributed by atoms with E-state index in [1.54, 1.807) is 0 Å². The van der Waals surface area contributed by atoms with Crippen molar-refractivity contribution in [1.29, 1.82) is 0 Å². The van der Waals surface area contributed by atoms with E-state index in [-0.39, 0.29) is 12.1 Å². The third kappa shape index (κ3) is 2.52. The van der Waals surface area contributed by atoms with Crippen molar-refractivity contribution in [3.8, 4) is 0 Å². The van der Waals surface area contributed by atoms with Crippen molar-refractivity contribution < 1.29 is 9.84 Å². The molecule has 0 amide bonds. The second-order valence-electron chi connectivity index (χ2n) is 5.29. The van der Waals surface area contributed by atoms with Crippen molar-refractivity contribution in [2.75, 3.05) is 26.3 Å². The average molecular weight is 213 g/mol. The van der Waals surface area contributed by atoms with Crippen molar-refractivity contribution in [2.45, 2.75) is 38.8 Å². The minimum atomic E-state index is -0.176. The Balaban J connectivity index is 1.89. The van der Waals surface area contributed by atoms with Crippen LogP contribution in [0.15, 0.2) is 0 Å². The number of aliphatic hydroxyl groups excluding tert-OH is 1. The Morgan fingerprint density at radius 1 is 1.33 bits per heavy atom. The zero-order valence-electron chi connectivity index (χ0n) is 9.85. The molecule has 0 bridgehead atoms. The highest BCUT2D eigenvalue weighted by Crippen LogP contribution is 2.27. The van der Waals surface area contributed by atoms with E-state index in [1.807, 2.05) is 0 Å². The maximum Gasteiger partial charge on any atom is 0.0739 e. The van der Waals surface area contributed by atoms with Crippen LogP contribution in [-0.4, -0.2) is 48.5 Å². The Hall–Kier alpha value is -0.120. The van der Waals surface area contributed by atoms with Gasteiger partial charge in [-0.25, -0.2) is 0 Å². The highest BCUT2D eigenvalue weighted by atomic mass is 16.5. The van der Waals surface area contributed by atoms with Crippen LogP contribution in [0.4, 0.5) is 0 Å². The molecule has 2 saturated heterocycles. The summed E-state index contributed by atoms with van der Waals surface area (Å²) < 4.78 is 5.46. The van der Waals surface area contributed by atoms with Crippen LogP contribution in [0.2, 0.25) is 0 Å². The molecule has 0 aromatic rings. The van der Waals surface area contributed by atoms with Crippen LogP contribution in [0.3, 0.4) is 0 Å². The molecule has 0 radical (unpaired) electrons. The molecule has 0 aromatic heterocycles. The Kier molecular flexibility index (Phi) is 3.65. The van der Waals surface area contributed by atoms with E-state index >= 15 is 0 Å². The van der Waals surface area contributed by atoms with E-state index < -0.39 is 0 Å². The first-order valence-corrected chi connectivity index (χ1v) is 6.18. The number of nitrogens with zero attached hydrogens (tertiary/aromatic N) is 1. The molecule has 15 heavy (non-hydrogen) atoms. The quantitative estimate of drug-likeness (QED) is 0.746. The molecule has 1 N–H and O–H groups in total.